The van der Waals surface area contributed by atoms with Crippen LogP contribution in [0.5, 0.6) is 0 Å². The lowest BCUT2D eigenvalue weighted by Gasteiger charge is -2.37. The first kappa shape index (κ1) is 14.7. The molecule has 2 aliphatic heterocycles. The van der Waals surface area contributed by atoms with Crippen LogP contribution in [0.1, 0.15) is 23.6 Å². The van der Waals surface area contributed by atoms with Gasteiger partial charge in [0.2, 0.25) is 0 Å². The van der Waals surface area contributed by atoms with E-state index < -0.39 is 0 Å². The average molecular weight is 309 g/mol. The largest absolute Gasteiger partial charge is 0.372 e. The SMILES string of the molecule is C[C@@H]1CNC[C@H]2Cc3cc(COCc4ccccc4)cnc3N21. The van der Waals surface area contributed by atoms with Gasteiger partial charge in [-0.15, -0.1) is 0 Å². The number of hydrogen-bond acceptors (Lipinski definition) is 4. The average Bonchev–Trinajstić information content (AvgIpc) is 2.95. The number of hydrogen-bond donors (Lipinski definition) is 1. The molecular formula is C19H23N3O. The fraction of sp³-hybridized carbons (Fsp3) is 0.421. The monoisotopic (exact) mass is 309 g/mol. The molecule has 0 aliphatic carbocycles. The first-order chi connectivity index (χ1) is 11.3. The van der Waals surface area contributed by atoms with Crippen LogP contribution in [0.2, 0.25) is 0 Å². The molecular weight excluding hydrogens is 286 g/mol. The summed E-state index contributed by atoms with van der Waals surface area (Å²) in [5.41, 5.74) is 3.74. The van der Waals surface area contributed by atoms with Crippen molar-refractivity contribution in [3.8, 4) is 0 Å². The van der Waals surface area contributed by atoms with Crippen molar-refractivity contribution in [1.29, 1.82) is 0 Å². The van der Waals surface area contributed by atoms with Crippen LogP contribution in [0.3, 0.4) is 0 Å². The van der Waals surface area contributed by atoms with Gasteiger partial charge in [0.1, 0.15) is 5.82 Å². The number of aromatic nitrogens is 1. The van der Waals surface area contributed by atoms with E-state index in [1.165, 1.54) is 22.5 Å². The molecule has 2 aliphatic rings. The van der Waals surface area contributed by atoms with E-state index in [-0.39, 0.29) is 0 Å². The van der Waals surface area contributed by atoms with Crippen molar-refractivity contribution in [3.63, 3.8) is 0 Å². The fourth-order valence-corrected chi connectivity index (χ4v) is 3.70. The number of nitrogens with one attached hydrogen (secondary N) is 1. The van der Waals surface area contributed by atoms with Crippen molar-refractivity contribution in [2.24, 2.45) is 0 Å². The van der Waals surface area contributed by atoms with Crippen LogP contribution in [0.15, 0.2) is 42.6 Å². The van der Waals surface area contributed by atoms with Gasteiger partial charge in [-0.05, 0) is 36.1 Å². The second-order valence-electron chi connectivity index (χ2n) is 6.58. The Hall–Kier alpha value is -1.91. The van der Waals surface area contributed by atoms with Crippen LogP contribution in [-0.2, 0) is 24.4 Å². The third-order valence-corrected chi connectivity index (χ3v) is 4.77. The molecule has 0 bridgehead atoms. The van der Waals surface area contributed by atoms with Crippen molar-refractivity contribution in [1.82, 2.24) is 10.3 Å². The van der Waals surface area contributed by atoms with E-state index >= 15 is 0 Å². The van der Waals surface area contributed by atoms with E-state index in [2.05, 4.69) is 35.3 Å². The minimum atomic E-state index is 0.516. The van der Waals surface area contributed by atoms with Crippen LogP contribution in [-0.4, -0.2) is 30.2 Å². The zero-order valence-electron chi connectivity index (χ0n) is 13.5. The van der Waals surface area contributed by atoms with Gasteiger partial charge in [-0.25, -0.2) is 4.98 Å². The third-order valence-electron chi connectivity index (χ3n) is 4.77. The van der Waals surface area contributed by atoms with E-state index in [0.717, 1.165) is 19.5 Å². The zero-order chi connectivity index (χ0) is 15.6. The highest BCUT2D eigenvalue weighted by Gasteiger charge is 2.36. The summed E-state index contributed by atoms with van der Waals surface area (Å²) in [6.07, 6.45) is 3.06. The number of benzene rings is 1. The first-order valence-electron chi connectivity index (χ1n) is 8.40. The zero-order valence-corrected chi connectivity index (χ0v) is 13.5. The molecule has 0 radical (unpaired) electrons. The van der Waals surface area contributed by atoms with Gasteiger partial charge < -0.3 is 15.0 Å². The number of nitrogens with zero attached hydrogens (tertiary/aromatic N) is 2. The molecule has 0 saturated carbocycles. The van der Waals surface area contributed by atoms with E-state index in [4.69, 9.17) is 9.72 Å². The van der Waals surface area contributed by atoms with Crippen LogP contribution in [0.4, 0.5) is 5.82 Å². The molecule has 0 amide bonds. The Morgan fingerprint density at radius 1 is 1.17 bits per heavy atom. The number of fused-ring (bicyclic) bond motifs is 3. The van der Waals surface area contributed by atoms with Crippen molar-refractivity contribution in [2.75, 3.05) is 18.0 Å². The maximum Gasteiger partial charge on any atom is 0.132 e. The van der Waals surface area contributed by atoms with Crippen molar-refractivity contribution in [2.45, 2.75) is 38.6 Å². The quantitative estimate of drug-likeness (QED) is 0.942. The number of anilines is 1. The van der Waals surface area contributed by atoms with Gasteiger partial charge in [0.25, 0.3) is 0 Å². The van der Waals surface area contributed by atoms with Gasteiger partial charge in [0.05, 0.1) is 13.2 Å². The van der Waals surface area contributed by atoms with Gasteiger partial charge in [0.15, 0.2) is 0 Å². The molecule has 23 heavy (non-hydrogen) atoms. The van der Waals surface area contributed by atoms with Crippen LogP contribution in [0.25, 0.3) is 0 Å². The third kappa shape index (κ3) is 2.96. The van der Waals surface area contributed by atoms with Crippen LogP contribution in [0, 0.1) is 0 Å². The number of rotatable bonds is 4. The molecule has 0 spiro atoms. The molecule has 120 valence electrons. The number of ether oxygens (including phenoxy) is 1. The maximum absolute atomic E-state index is 5.84. The van der Waals surface area contributed by atoms with Crippen LogP contribution >= 0.6 is 0 Å². The Bertz CT molecular complexity index is 674. The summed E-state index contributed by atoms with van der Waals surface area (Å²) >= 11 is 0. The van der Waals surface area contributed by atoms with E-state index in [9.17, 15) is 0 Å². The Labute approximate surface area is 137 Å². The molecule has 1 aromatic carbocycles. The maximum atomic E-state index is 5.84. The summed E-state index contributed by atoms with van der Waals surface area (Å²) in [4.78, 5) is 7.22. The first-order valence-corrected chi connectivity index (χ1v) is 8.40. The molecule has 1 fully saturated rings. The molecule has 4 heteroatoms. The Morgan fingerprint density at radius 2 is 2.00 bits per heavy atom. The minimum absolute atomic E-state index is 0.516. The molecule has 2 atom stereocenters. The topological polar surface area (TPSA) is 37.4 Å². The van der Waals surface area contributed by atoms with E-state index in [1.54, 1.807) is 0 Å². The highest BCUT2D eigenvalue weighted by molar-refractivity contribution is 5.56. The number of piperazine rings is 1. The van der Waals surface area contributed by atoms with Gasteiger partial charge in [-0.1, -0.05) is 30.3 Å². The summed E-state index contributed by atoms with van der Waals surface area (Å²) in [6.45, 7) is 5.63. The summed E-state index contributed by atoms with van der Waals surface area (Å²) in [5.74, 6) is 1.18. The van der Waals surface area contributed by atoms with E-state index in [0.29, 0.717) is 25.3 Å². The molecule has 2 aromatic rings. The van der Waals surface area contributed by atoms with Crippen molar-refractivity contribution < 1.29 is 4.74 Å². The van der Waals surface area contributed by atoms with Crippen molar-refractivity contribution in [3.05, 3.63) is 59.3 Å². The predicted octanol–water partition coefficient (Wildman–Crippen LogP) is 2.52. The minimum Gasteiger partial charge on any atom is -0.372 e. The summed E-state index contributed by atoms with van der Waals surface area (Å²) in [5, 5.41) is 3.51. The summed E-state index contributed by atoms with van der Waals surface area (Å²) < 4.78 is 5.84. The molecule has 1 saturated heterocycles. The Kier molecular flexibility index (Phi) is 4.02. The predicted molar refractivity (Wildman–Crippen MR) is 91.5 cm³/mol. The Morgan fingerprint density at radius 3 is 2.87 bits per heavy atom. The van der Waals surface area contributed by atoms with Gasteiger partial charge in [-0.2, -0.15) is 0 Å². The molecule has 4 nitrogen and oxygen atoms in total. The standard InChI is InChI=1S/C19H23N3O/c1-14-9-20-11-18-8-17-7-16(10-21-19(17)22(14)18)13-23-12-15-5-3-2-4-6-15/h2-7,10,14,18,20H,8-9,11-13H2,1H3/t14-,18-/m1/s1. The lowest BCUT2D eigenvalue weighted by Crippen LogP contribution is -2.55. The molecule has 4 rings (SSSR count). The second-order valence-corrected chi connectivity index (χ2v) is 6.58. The van der Waals surface area contributed by atoms with E-state index in [1.807, 2.05) is 24.4 Å². The second kappa shape index (κ2) is 6.30. The molecule has 1 aromatic heterocycles. The normalized spacial score (nSPS) is 22.7. The summed E-state index contributed by atoms with van der Waals surface area (Å²) in [7, 11) is 0. The van der Waals surface area contributed by atoms with Gasteiger partial charge >= 0.3 is 0 Å². The summed E-state index contributed by atoms with van der Waals surface area (Å²) in [6, 6.07) is 13.6. The number of pyridine rings is 1. The molecule has 3 heterocycles. The fourth-order valence-electron chi connectivity index (χ4n) is 3.70. The molecule has 0 unspecified atom stereocenters. The Balaban J connectivity index is 1.42. The highest BCUT2D eigenvalue weighted by Crippen LogP contribution is 2.33. The smallest absolute Gasteiger partial charge is 0.132 e. The van der Waals surface area contributed by atoms with Crippen LogP contribution < -0.4 is 10.2 Å². The van der Waals surface area contributed by atoms with Gasteiger partial charge in [-0.3, -0.25) is 0 Å². The lowest BCUT2D eigenvalue weighted by molar-refractivity contribution is 0.107. The molecule has 1 N–H and O–H groups in total. The highest BCUT2D eigenvalue weighted by atomic mass is 16.5. The van der Waals surface area contributed by atoms with Gasteiger partial charge in [0, 0.05) is 31.4 Å². The lowest BCUT2D eigenvalue weighted by atomic mass is 10.1. The van der Waals surface area contributed by atoms with Crippen molar-refractivity contribution >= 4 is 5.82 Å².